The molecule has 0 unspecified atom stereocenters. The molecule has 0 aromatic rings. The number of nitrogens with one attached hydrogen (secondary N) is 1. The van der Waals surface area contributed by atoms with E-state index in [1.807, 2.05) is 0 Å². The highest BCUT2D eigenvalue weighted by atomic mass is 16.5. The summed E-state index contributed by atoms with van der Waals surface area (Å²) in [6, 6.07) is 0. The number of rotatable bonds is 10. The van der Waals surface area contributed by atoms with E-state index in [1.54, 1.807) is 6.92 Å². The molecule has 0 spiro atoms. The molecule has 0 aliphatic carbocycles. The number of hydrogen-bond acceptors (Lipinski definition) is 4. The molecule has 0 aliphatic heterocycles. The van der Waals surface area contributed by atoms with Crippen LogP contribution in [0.1, 0.15) is 58.8 Å². The zero-order chi connectivity index (χ0) is 12.9. The van der Waals surface area contributed by atoms with Crippen LogP contribution < -0.4 is 5.43 Å². The average Bonchev–Trinajstić information content (AvgIpc) is 2.35. The molecule has 0 rings (SSSR count). The fourth-order valence-corrected chi connectivity index (χ4v) is 1.53. The number of carbonyl (C=O) groups excluding carboxylic acids is 1. The highest BCUT2D eigenvalue weighted by Crippen LogP contribution is 2.06. The van der Waals surface area contributed by atoms with E-state index in [-0.39, 0.29) is 5.97 Å². The van der Waals surface area contributed by atoms with Gasteiger partial charge in [-0.1, -0.05) is 45.4 Å². The maximum absolute atomic E-state index is 11.0. The van der Waals surface area contributed by atoms with Crippen LogP contribution in [0.5, 0.6) is 0 Å². The number of hydrazone groups is 1. The molecule has 0 saturated carbocycles. The Hall–Kier alpha value is -1.06. The van der Waals surface area contributed by atoms with Gasteiger partial charge >= 0.3 is 5.97 Å². The third-order valence-electron chi connectivity index (χ3n) is 2.62. The Morgan fingerprint density at radius 1 is 1.12 bits per heavy atom. The summed E-state index contributed by atoms with van der Waals surface area (Å²) >= 11 is 0. The second-order valence-electron chi connectivity index (χ2n) is 4.22. The van der Waals surface area contributed by atoms with Gasteiger partial charge in [0.05, 0.1) is 7.11 Å². The van der Waals surface area contributed by atoms with Gasteiger partial charge in [-0.25, -0.2) is 4.79 Å². The maximum atomic E-state index is 11.0. The molecule has 0 bridgehead atoms. The summed E-state index contributed by atoms with van der Waals surface area (Å²) < 4.78 is 4.54. The summed E-state index contributed by atoms with van der Waals surface area (Å²) in [5, 5.41) is 3.93. The van der Waals surface area contributed by atoms with Crippen LogP contribution in [0.4, 0.5) is 0 Å². The van der Waals surface area contributed by atoms with Crippen molar-refractivity contribution in [3.63, 3.8) is 0 Å². The van der Waals surface area contributed by atoms with Gasteiger partial charge in [-0.05, 0) is 13.3 Å². The minimum absolute atomic E-state index is 0.371. The van der Waals surface area contributed by atoms with Crippen molar-refractivity contribution in [2.75, 3.05) is 13.7 Å². The van der Waals surface area contributed by atoms with Crippen molar-refractivity contribution in [3.05, 3.63) is 0 Å². The van der Waals surface area contributed by atoms with Crippen molar-refractivity contribution in [1.29, 1.82) is 0 Å². The zero-order valence-corrected chi connectivity index (χ0v) is 11.4. The van der Waals surface area contributed by atoms with Crippen LogP contribution in [0, 0.1) is 0 Å². The van der Waals surface area contributed by atoms with Crippen LogP contribution >= 0.6 is 0 Å². The fraction of sp³-hybridized carbons (Fsp3) is 0.846. The third-order valence-corrected chi connectivity index (χ3v) is 2.62. The van der Waals surface area contributed by atoms with Crippen molar-refractivity contribution in [3.8, 4) is 0 Å². The van der Waals surface area contributed by atoms with E-state index >= 15 is 0 Å². The first kappa shape index (κ1) is 15.9. The fourth-order valence-electron chi connectivity index (χ4n) is 1.53. The highest BCUT2D eigenvalue weighted by molar-refractivity contribution is 6.35. The van der Waals surface area contributed by atoms with Crippen molar-refractivity contribution in [1.82, 2.24) is 5.43 Å². The van der Waals surface area contributed by atoms with E-state index in [9.17, 15) is 4.79 Å². The molecule has 1 N–H and O–H groups in total. The van der Waals surface area contributed by atoms with Crippen LogP contribution in [0.2, 0.25) is 0 Å². The maximum Gasteiger partial charge on any atom is 0.353 e. The van der Waals surface area contributed by atoms with Crippen LogP contribution in [0.25, 0.3) is 0 Å². The summed E-state index contributed by atoms with van der Waals surface area (Å²) in [4.78, 5) is 11.0. The lowest BCUT2D eigenvalue weighted by atomic mass is 10.1. The molecule has 0 heterocycles. The SMILES string of the molecule is CCCCCCCCCN/N=C(\C)C(=O)OC. The summed E-state index contributed by atoms with van der Waals surface area (Å²) in [5.41, 5.74) is 3.26. The Kier molecular flexibility index (Phi) is 10.7. The van der Waals surface area contributed by atoms with E-state index in [1.165, 1.54) is 45.6 Å². The minimum atomic E-state index is -0.378. The van der Waals surface area contributed by atoms with Crippen molar-refractivity contribution < 1.29 is 9.53 Å². The molecule has 0 fully saturated rings. The first-order chi connectivity index (χ1) is 8.22. The Morgan fingerprint density at radius 2 is 1.71 bits per heavy atom. The topological polar surface area (TPSA) is 50.7 Å². The van der Waals surface area contributed by atoms with Crippen molar-refractivity contribution >= 4 is 11.7 Å². The first-order valence-electron chi connectivity index (χ1n) is 6.57. The molecule has 0 radical (unpaired) electrons. The second-order valence-corrected chi connectivity index (χ2v) is 4.22. The molecule has 0 aromatic carbocycles. The predicted octanol–water partition coefficient (Wildman–Crippen LogP) is 2.88. The molecule has 0 aromatic heterocycles. The Morgan fingerprint density at radius 3 is 2.29 bits per heavy atom. The Balaban J connectivity index is 3.31. The molecular weight excluding hydrogens is 216 g/mol. The Bertz CT molecular complexity index is 227. The van der Waals surface area contributed by atoms with Crippen LogP contribution in [0.15, 0.2) is 5.10 Å². The van der Waals surface area contributed by atoms with Gasteiger partial charge in [-0.15, -0.1) is 0 Å². The predicted molar refractivity (Wildman–Crippen MR) is 71.1 cm³/mol. The number of ether oxygens (including phenoxy) is 1. The summed E-state index contributed by atoms with van der Waals surface area (Å²) in [6.45, 7) is 4.69. The number of methoxy groups -OCH3 is 1. The van der Waals surface area contributed by atoms with Gasteiger partial charge in [-0.2, -0.15) is 5.10 Å². The van der Waals surface area contributed by atoms with E-state index in [0.29, 0.717) is 5.71 Å². The lowest BCUT2D eigenvalue weighted by Gasteiger charge is -2.02. The number of carbonyl (C=O) groups is 1. The highest BCUT2D eigenvalue weighted by Gasteiger charge is 2.03. The zero-order valence-electron chi connectivity index (χ0n) is 11.4. The van der Waals surface area contributed by atoms with Gasteiger partial charge in [0, 0.05) is 6.54 Å². The molecule has 0 saturated heterocycles. The molecule has 4 nitrogen and oxygen atoms in total. The first-order valence-corrected chi connectivity index (χ1v) is 6.57. The van der Waals surface area contributed by atoms with Gasteiger partial charge in [0.2, 0.25) is 0 Å². The van der Waals surface area contributed by atoms with E-state index in [0.717, 1.165) is 13.0 Å². The monoisotopic (exact) mass is 242 g/mol. The molecule has 0 amide bonds. The van der Waals surface area contributed by atoms with E-state index in [2.05, 4.69) is 22.2 Å². The van der Waals surface area contributed by atoms with Gasteiger partial charge in [0.25, 0.3) is 0 Å². The summed E-state index contributed by atoms with van der Waals surface area (Å²) in [6.07, 6.45) is 8.95. The number of hydrogen-bond donors (Lipinski definition) is 1. The number of unbranched alkanes of at least 4 members (excludes halogenated alkanes) is 6. The molecular formula is C13H26N2O2. The molecule has 100 valence electrons. The lowest BCUT2D eigenvalue weighted by Crippen LogP contribution is -2.17. The minimum Gasteiger partial charge on any atom is -0.464 e. The largest absolute Gasteiger partial charge is 0.464 e. The van der Waals surface area contributed by atoms with Gasteiger partial charge in [0.1, 0.15) is 5.71 Å². The molecule has 17 heavy (non-hydrogen) atoms. The van der Waals surface area contributed by atoms with Gasteiger partial charge in [-0.3, -0.25) is 0 Å². The van der Waals surface area contributed by atoms with Crippen LogP contribution in [-0.4, -0.2) is 25.3 Å². The molecule has 0 aliphatic rings. The molecule has 4 heteroatoms. The normalized spacial score (nSPS) is 11.4. The van der Waals surface area contributed by atoms with Crippen LogP contribution in [0.3, 0.4) is 0 Å². The van der Waals surface area contributed by atoms with Crippen molar-refractivity contribution in [2.45, 2.75) is 58.8 Å². The molecule has 0 atom stereocenters. The van der Waals surface area contributed by atoms with Crippen LogP contribution in [-0.2, 0) is 9.53 Å². The Labute approximate surface area is 105 Å². The van der Waals surface area contributed by atoms with Gasteiger partial charge in [0.15, 0.2) is 0 Å². The third kappa shape index (κ3) is 9.85. The van der Waals surface area contributed by atoms with Crippen molar-refractivity contribution in [2.24, 2.45) is 5.10 Å². The number of nitrogens with zero attached hydrogens (tertiary/aromatic N) is 1. The summed E-state index contributed by atoms with van der Waals surface area (Å²) in [5.74, 6) is -0.378. The smallest absolute Gasteiger partial charge is 0.353 e. The van der Waals surface area contributed by atoms with E-state index in [4.69, 9.17) is 0 Å². The average molecular weight is 242 g/mol. The van der Waals surface area contributed by atoms with E-state index < -0.39 is 0 Å². The number of esters is 1. The second kappa shape index (κ2) is 11.4. The summed E-state index contributed by atoms with van der Waals surface area (Å²) in [7, 11) is 1.36. The van der Waals surface area contributed by atoms with Gasteiger partial charge < -0.3 is 10.2 Å². The lowest BCUT2D eigenvalue weighted by molar-refractivity contribution is -0.132. The standard InChI is InChI=1S/C13H26N2O2/c1-4-5-6-7-8-9-10-11-14-15-12(2)13(16)17-3/h14H,4-11H2,1-3H3/b15-12+. The quantitative estimate of drug-likeness (QED) is 0.277.